The van der Waals surface area contributed by atoms with E-state index in [9.17, 15) is 0 Å². The van der Waals surface area contributed by atoms with Crippen molar-refractivity contribution in [3.05, 3.63) is 176 Å². The Bertz CT molecular complexity index is 3470. The number of rotatable bonds is 5. The molecule has 12 aromatic rings. The fourth-order valence-electron chi connectivity index (χ4n) is 8.38. The molecule has 0 spiro atoms. The Balaban J connectivity index is 1.12. The Labute approximate surface area is 335 Å². The summed E-state index contributed by atoms with van der Waals surface area (Å²) >= 11 is 3.71. The molecular formula is C51H29N3OS2. The fraction of sp³-hybridized carbons (Fsp3) is 0. The molecule has 8 aromatic carbocycles. The average molecular weight is 764 g/mol. The number of para-hydroxylation sites is 1. The van der Waals surface area contributed by atoms with Crippen LogP contribution in [0.25, 0.3) is 119 Å². The van der Waals surface area contributed by atoms with E-state index in [-0.39, 0.29) is 0 Å². The smallest absolute Gasteiger partial charge is 0.167 e. The first-order valence-electron chi connectivity index (χ1n) is 18.9. The van der Waals surface area contributed by atoms with Gasteiger partial charge in [-0.1, -0.05) is 133 Å². The molecule has 12 rings (SSSR count). The van der Waals surface area contributed by atoms with Crippen molar-refractivity contribution in [1.82, 2.24) is 15.0 Å². The molecule has 0 N–H and O–H groups in total. The van der Waals surface area contributed by atoms with Crippen LogP contribution in [0.5, 0.6) is 0 Å². The zero-order valence-electron chi connectivity index (χ0n) is 30.3. The standard InChI is InChI=1S/C51H29N3OS2/c1-3-14-30(15-4-1)49-52-50(31-16-5-2-6-17-31)54-51(53-49)38-23-11-22-37-45-35(21-12-24-41(45)55-47(37)38)40-29-32(28-39-34-18-7-9-25-42(34)57-48(39)40)33-20-13-27-44-46(33)36-19-8-10-26-43(36)56-44/h1-29H. The SMILES string of the molecule is c1ccc(-c2nc(-c3ccccc3)nc(-c3cccc4c3oc3cccc(-c5cc(-c6cccc7sc8ccccc8c67)cc6c5sc5ccccc56)c34)n2)cc1. The van der Waals surface area contributed by atoms with Crippen LogP contribution in [0.3, 0.4) is 0 Å². The lowest BCUT2D eigenvalue weighted by atomic mass is 9.92. The highest BCUT2D eigenvalue weighted by molar-refractivity contribution is 7.26. The summed E-state index contributed by atoms with van der Waals surface area (Å²) < 4.78 is 12.0. The zero-order valence-corrected chi connectivity index (χ0v) is 31.9. The number of benzene rings is 8. The van der Waals surface area contributed by atoms with Crippen LogP contribution in [0, 0.1) is 0 Å². The first kappa shape index (κ1) is 32.3. The number of furan rings is 1. The first-order valence-corrected chi connectivity index (χ1v) is 20.6. The molecule has 0 saturated heterocycles. The molecule has 57 heavy (non-hydrogen) atoms. The minimum atomic E-state index is 0.568. The average Bonchev–Trinajstić information content (AvgIpc) is 3.98. The second-order valence-corrected chi connectivity index (χ2v) is 16.4. The van der Waals surface area contributed by atoms with Gasteiger partial charge in [-0.15, -0.1) is 22.7 Å². The van der Waals surface area contributed by atoms with Crippen LogP contribution in [-0.2, 0) is 0 Å². The molecule has 0 aliphatic carbocycles. The Kier molecular flexibility index (Phi) is 7.24. The van der Waals surface area contributed by atoms with Crippen LogP contribution in [0.1, 0.15) is 0 Å². The van der Waals surface area contributed by atoms with Crippen molar-refractivity contribution >= 4 is 85.0 Å². The minimum absolute atomic E-state index is 0.568. The van der Waals surface area contributed by atoms with Gasteiger partial charge in [0, 0.05) is 67.8 Å². The van der Waals surface area contributed by atoms with Crippen LogP contribution in [-0.4, -0.2) is 15.0 Å². The van der Waals surface area contributed by atoms with Gasteiger partial charge in [0.2, 0.25) is 0 Å². The van der Waals surface area contributed by atoms with Gasteiger partial charge in [0.1, 0.15) is 11.2 Å². The van der Waals surface area contributed by atoms with Gasteiger partial charge in [0.25, 0.3) is 0 Å². The Morgan fingerprint density at radius 2 is 0.930 bits per heavy atom. The number of hydrogen-bond donors (Lipinski definition) is 0. The summed E-state index contributed by atoms with van der Waals surface area (Å²) in [7, 11) is 0. The lowest BCUT2D eigenvalue weighted by Gasteiger charge is -2.12. The summed E-state index contributed by atoms with van der Waals surface area (Å²) in [5, 5.41) is 7.23. The molecule has 6 heteroatoms. The molecule has 0 bridgehead atoms. The summed E-state index contributed by atoms with van der Waals surface area (Å²) in [5.74, 6) is 1.80. The van der Waals surface area contributed by atoms with E-state index in [0.29, 0.717) is 17.5 Å². The summed E-state index contributed by atoms with van der Waals surface area (Å²) in [6.45, 7) is 0. The number of thiophene rings is 2. The largest absolute Gasteiger partial charge is 0.455 e. The predicted molar refractivity (Wildman–Crippen MR) is 240 cm³/mol. The maximum absolute atomic E-state index is 6.88. The maximum Gasteiger partial charge on any atom is 0.167 e. The molecule has 0 radical (unpaired) electrons. The lowest BCUT2D eigenvalue weighted by Crippen LogP contribution is -2.00. The van der Waals surface area contributed by atoms with Gasteiger partial charge < -0.3 is 4.42 Å². The van der Waals surface area contributed by atoms with E-state index in [1.54, 1.807) is 0 Å². The number of nitrogens with zero attached hydrogens (tertiary/aromatic N) is 3. The van der Waals surface area contributed by atoms with Crippen molar-refractivity contribution < 1.29 is 4.42 Å². The third-order valence-corrected chi connectivity index (χ3v) is 13.3. The van der Waals surface area contributed by atoms with Crippen molar-refractivity contribution in [2.45, 2.75) is 0 Å². The highest BCUT2D eigenvalue weighted by Crippen LogP contribution is 2.48. The molecule has 0 unspecified atom stereocenters. The number of fused-ring (bicyclic) bond motifs is 9. The van der Waals surface area contributed by atoms with Crippen LogP contribution in [0.2, 0.25) is 0 Å². The third kappa shape index (κ3) is 5.15. The molecule has 0 amide bonds. The van der Waals surface area contributed by atoms with Gasteiger partial charge in [-0.25, -0.2) is 15.0 Å². The van der Waals surface area contributed by atoms with Crippen LogP contribution in [0.15, 0.2) is 180 Å². The van der Waals surface area contributed by atoms with E-state index in [1.165, 1.54) is 57.0 Å². The number of hydrogen-bond acceptors (Lipinski definition) is 6. The number of aromatic nitrogens is 3. The maximum atomic E-state index is 6.88. The second-order valence-electron chi connectivity index (χ2n) is 14.3. The van der Waals surface area contributed by atoms with E-state index < -0.39 is 0 Å². The molecule has 0 atom stereocenters. The monoisotopic (exact) mass is 763 g/mol. The molecule has 266 valence electrons. The minimum Gasteiger partial charge on any atom is -0.455 e. The van der Waals surface area contributed by atoms with E-state index >= 15 is 0 Å². The van der Waals surface area contributed by atoms with Crippen LogP contribution < -0.4 is 0 Å². The van der Waals surface area contributed by atoms with Crippen molar-refractivity contribution in [3.8, 4) is 56.4 Å². The van der Waals surface area contributed by atoms with E-state index in [0.717, 1.165) is 44.2 Å². The Morgan fingerprint density at radius 1 is 0.351 bits per heavy atom. The van der Waals surface area contributed by atoms with Crippen molar-refractivity contribution in [3.63, 3.8) is 0 Å². The highest BCUT2D eigenvalue weighted by atomic mass is 32.1. The second kappa shape index (κ2) is 12.8. The van der Waals surface area contributed by atoms with Gasteiger partial charge >= 0.3 is 0 Å². The van der Waals surface area contributed by atoms with Gasteiger partial charge in [0.05, 0.1) is 5.56 Å². The van der Waals surface area contributed by atoms with Gasteiger partial charge in [-0.05, 0) is 59.2 Å². The molecule has 4 nitrogen and oxygen atoms in total. The lowest BCUT2D eigenvalue weighted by molar-refractivity contribution is 0.669. The molecule has 4 aromatic heterocycles. The van der Waals surface area contributed by atoms with E-state index in [2.05, 4.69) is 115 Å². The van der Waals surface area contributed by atoms with Crippen LogP contribution in [0.4, 0.5) is 0 Å². The quantitative estimate of drug-likeness (QED) is 0.175. The molecule has 0 saturated carbocycles. The fourth-order valence-corrected chi connectivity index (χ4v) is 10.7. The van der Waals surface area contributed by atoms with E-state index in [4.69, 9.17) is 19.4 Å². The van der Waals surface area contributed by atoms with Crippen molar-refractivity contribution in [2.24, 2.45) is 0 Å². The first-order chi connectivity index (χ1) is 28.2. The summed E-state index contributed by atoms with van der Waals surface area (Å²) in [6, 6.07) is 62.0. The van der Waals surface area contributed by atoms with Gasteiger partial charge in [-0.3, -0.25) is 0 Å². The summed E-state index contributed by atoms with van der Waals surface area (Å²) in [4.78, 5) is 15.1. The van der Waals surface area contributed by atoms with Crippen molar-refractivity contribution in [2.75, 3.05) is 0 Å². The molecular weight excluding hydrogens is 735 g/mol. The Morgan fingerprint density at radius 3 is 1.70 bits per heavy atom. The van der Waals surface area contributed by atoms with Gasteiger partial charge in [-0.2, -0.15) is 0 Å². The molecule has 0 aliphatic heterocycles. The third-order valence-electron chi connectivity index (χ3n) is 10.9. The van der Waals surface area contributed by atoms with Crippen LogP contribution >= 0.6 is 22.7 Å². The summed E-state index contributed by atoms with van der Waals surface area (Å²) in [6.07, 6.45) is 0. The predicted octanol–water partition coefficient (Wildman–Crippen LogP) is 14.8. The normalized spacial score (nSPS) is 11.9. The topological polar surface area (TPSA) is 51.8 Å². The summed E-state index contributed by atoms with van der Waals surface area (Å²) in [5.41, 5.74) is 9.02. The Hall–Kier alpha value is -6.99. The molecule has 0 fully saturated rings. The molecule has 4 heterocycles. The zero-order chi connectivity index (χ0) is 37.5. The van der Waals surface area contributed by atoms with Crippen molar-refractivity contribution in [1.29, 1.82) is 0 Å². The van der Waals surface area contributed by atoms with E-state index in [1.807, 2.05) is 83.3 Å². The molecule has 0 aliphatic rings. The van der Waals surface area contributed by atoms with Gasteiger partial charge in [0.15, 0.2) is 17.5 Å². The highest BCUT2D eigenvalue weighted by Gasteiger charge is 2.22.